The maximum atomic E-state index is 13.5. The number of benzene rings is 2. The van der Waals surface area contributed by atoms with Gasteiger partial charge in [-0.2, -0.15) is 26.3 Å². The molecule has 0 bridgehead atoms. The Bertz CT molecular complexity index is 1500. The Morgan fingerprint density at radius 2 is 1.53 bits per heavy atom. The van der Waals surface area contributed by atoms with Gasteiger partial charge in [-0.25, -0.2) is 19.0 Å². The van der Waals surface area contributed by atoms with Crippen molar-refractivity contribution in [2.24, 2.45) is 0 Å². The number of nitrogens with zero attached hydrogens (tertiary/aromatic N) is 3. The van der Waals surface area contributed by atoms with Crippen LogP contribution in [-0.4, -0.2) is 67.4 Å². The third kappa shape index (κ3) is 10.1. The number of aromatic amines is 1. The summed E-state index contributed by atoms with van der Waals surface area (Å²) in [6.45, 7) is 2.76. The Morgan fingerprint density at radius 1 is 0.907 bits per heavy atom. The molecule has 0 radical (unpaired) electrons. The van der Waals surface area contributed by atoms with Gasteiger partial charge in [0.05, 0.1) is 11.0 Å². The van der Waals surface area contributed by atoms with Gasteiger partial charge in [-0.1, -0.05) is 18.2 Å². The quantitative estimate of drug-likeness (QED) is 0.227. The van der Waals surface area contributed by atoms with E-state index in [1.807, 2.05) is 30.6 Å². The van der Waals surface area contributed by atoms with E-state index in [2.05, 4.69) is 33.1 Å². The Balaban J connectivity index is 0.000000303. The minimum absolute atomic E-state index is 0.168. The number of carboxylic acids is 2. The van der Waals surface area contributed by atoms with Gasteiger partial charge >= 0.3 is 24.3 Å². The zero-order valence-corrected chi connectivity index (χ0v) is 22.2. The smallest absolute Gasteiger partial charge is 0.475 e. The molecule has 3 heterocycles. The summed E-state index contributed by atoms with van der Waals surface area (Å²) < 4.78 is 77.0. The molecular formula is C28H25F7N4O4. The summed E-state index contributed by atoms with van der Waals surface area (Å²) in [5.74, 6) is -4.26. The molecule has 230 valence electrons. The van der Waals surface area contributed by atoms with Gasteiger partial charge in [0.1, 0.15) is 11.6 Å². The number of rotatable bonds is 4. The lowest BCUT2D eigenvalue weighted by atomic mass is 9.97. The molecule has 3 N–H and O–H groups in total. The molecule has 43 heavy (non-hydrogen) atoms. The molecule has 1 aliphatic rings. The van der Waals surface area contributed by atoms with Gasteiger partial charge in [-0.3, -0.25) is 9.88 Å². The first kappa shape index (κ1) is 33.0. The fourth-order valence-electron chi connectivity index (χ4n) is 4.26. The number of aliphatic carboxylic acids is 2. The molecule has 1 unspecified atom stereocenters. The number of carbonyl (C=O) groups is 2. The molecule has 2 aromatic carbocycles. The molecule has 0 spiro atoms. The van der Waals surface area contributed by atoms with E-state index in [-0.39, 0.29) is 5.82 Å². The Morgan fingerprint density at radius 3 is 2.12 bits per heavy atom. The van der Waals surface area contributed by atoms with E-state index >= 15 is 0 Å². The fraction of sp³-hybridized carbons (Fsp3) is 0.286. The van der Waals surface area contributed by atoms with Crippen molar-refractivity contribution in [1.82, 2.24) is 19.9 Å². The largest absolute Gasteiger partial charge is 0.490 e. The standard InChI is InChI=1S/C24H23FN4.2C2HF3O2/c25-21-5-1-3-17(13-21)15-29-12-2-4-20(16-29)24-27-22-7-6-19(14-23(22)28-24)18-8-10-26-11-9-18;2*3-2(4,5)1(6)7/h1,3,5-11,13-14,20H,2,4,12,15-16H2,(H,27,28);2*(H,6,7). The van der Waals surface area contributed by atoms with Crippen LogP contribution in [0.1, 0.15) is 30.1 Å². The first-order chi connectivity index (χ1) is 20.1. The Hall–Kier alpha value is -4.53. The highest BCUT2D eigenvalue weighted by Crippen LogP contribution is 2.29. The summed E-state index contributed by atoms with van der Waals surface area (Å²) in [6, 6.07) is 17.3. The fourth-order valence-corrected chi connectivity index (χ4v) is 4.26. The van der Waals surface area contributed by atoms with E-state index in [1.54, 1.807) is 12.1 Å². The zero-order valence-electron chi connectivity index (χ0n) is 22.2. The predicted molar refractivity (Wildman–Crippen MR) is 140 cm³/mol. The number of halogens is 7. The number of carboxylic acid groups (broad SMARTS) is 2. The van der Waals surface area contributed by atoms with Crippen LogP contribution in [0.2, 0.25) is 0 Å². The van der Waals surface area contributed by atoms with E-state index in [9.17, 15) is 30.7 Å². The number of aromatic nitrogens is 3. The van der Waals surface area contributed by atoms with Crippen molar-refractivity contribution in [3.05, 3.63) is 84.2 Å². The van der Waals surface area contributed by atoms with Gasteiger partial charge in [0.2, 0.25) is 0 Å². The highest BCUT2D eigenvalue weighted by atomic mass is 19.4. The van der Waals surface area contributed by atoms with Crippen molar-refractivity contribution >= 4 is 23.0 Å². The molecule has 1 saturated heterocycles. The number of pyridine rings is 1. The molecule has 1 atom stereocenters. The zero-order chi connectivity index (χ0) is 31.8. The van der Waals surface area contributed by atoms with E-state index < -0.39 is 24.3 Å². The minimum Gasteiger partial charge on any atom is -0.475 e. The summed E-state index contributed by atoms with van der Waals surface area (Å²) in [7, 11) is 0. The van der Waals surface area contributed by atoms with Crippen molar-refractivity contribution in [2.45, 2.75) is 37.7 Å². The lowest BCUT2D eigenvalue weighted by molar-refractivity contribution is -0.193. The van der Waals surface area contributed by atoms with Crippen molar-refractivity contribution < 1.29 is 50.5 Å². The minimum atomic E-state index is -5.08. The predicted octanol–water partition coefficient (Wildman–Crippen LogP) is 6.41. The summed E-state index contributed by atoms with van der Waals surface area (Å²) >= 11 is 0. The van der Waals surface area contributed by atoms with Crippen LogP contribution < -0.4 is 0 Å². The van der Waals surface area contributed by atoms with Gasteiger partial charge in [0.25, 0.3) is 0 Å². The molecule has 4 aromatic rings. The second kappa shape index (κ2) is 14.1. The average molecular weight is 615 g/mol. The number of hydrogen-bond acceptors (Lipinski definition) is 5. The lowest BCUT2D eigenvalue weighted by Gasteiger charge is -2.31. The van der Waals surface area contributed by atoms with Crippen LogP contribution in [0.15, 0.2) is 67.0 Å². The number of H-pyrrole nitrogens is 1. The number of nitrogens with one attached hydrogen (secondary N) is 1. The van der Waals surface area contributed by atoms with Gasteiger partial charge in [0, 0.05) is 31.4 Å². The van der Waals surface area contributed by atoms with E-state index in [4.69, 9.17) is 24.8 Å². The SMILES string of the molecule is Fc1cccc(CN2CCCC(c3nc4ccc(-c5ccncc5)cc4[nH]3)C2)c1.O=C(O)C(F)(F)F.O=C(O)C(F)(F)F. The van der Waals surface area contributed by atoms with E-state index in [0.29, 0.717) is 5.92 Å². The van der Waals surface area contributed by atoms with Crippen LogP contribution in [0.3, 0.4) is 0 Å². The maximum Gasteiger partial charge on any atom is 0.490 e. The lowest BCUT2D eigenvalue weighted by Crippen LogP contribution is -2.34. The molecule has 0 aliphatic carbocycles. The third-order valence-electron chi connectivity index (χ3n) is 6.19. The van der Waals surface area contributed by atoms with Crippen molar-refractivity contribution in [3.8, 4) is 11.1 Å². The first-order valence-electron chi connectivity index (χ1n) is 12.6. The van der Waals surface area contributed by atoms with Crippen LogP contribution in [0, 0.1) is 5.82 Å². The van der Waals surface area contributed by atoms with Crippen LogP contribution in [0.5, 0.6) is 0 Å². The summed E-state index contributed by atoms with van der Waals surface area (Å²) in [4.78, 5) is 32.7. The first-order valence-corrected chi connectivity index (χ1v) is 12.6. The number of fused-ring (bicyclic) bond motifs is 1. The topological polar surface area (TPSA) is 119 Å². The molecule has 0 amide bonds. The van der Waals surface area contributed by atoms with Crippen LogP contribution in [0.25, 0.3) is 22.2 Å². The molecule has 2 aromatic heterocycles. The Kier molecular flexibility index (Phi) is 10.8. The average Bonchev–Trinajstić information content (AvgIpc) is 3.37. The van der Waals surface area contributed by atoms with Crippen molar-refractivity contribution in [1.29, 1.82) is 0 Å². The summed E-state index contributed by atoms with van der Waals surface area (Å²) in [5.41, 5.74) is 5.40. The van der Waals surface area contributed by atoms with Crippen molar-refractivity contribution in [2.75, 3.05) is 13.1 Å². The molecule has 1 fully saturated rings. The van der Waals surface area contributed by atoms with Crippen LogP contribution >= 0.6 is 0 Å². The molecule has 1 aliphatic heterocycles. The van der Waals surface area contributed by atoms with E-state index in [1.165, 1.54) is 6.07 Å². The second-order valence-corrected chi connectivity index (χ2v) is 9.40. The number of likely N-dealkylation sites (tertiary alicyclic amines) is 1. The highest BCUT2D eigenvalue weighted by Gasteiger charge is 2.38. The molecule has 15 heteroatoms. The number of imidazole rings is 1. The van der Waals surface area contributed by atoms with Crippen LogP contribution in [-0.2, 0) is 16.1 Å². The van der Waals surface area contributed by atoms with Crippen molar-refractivity contribution in [3.63, 3.8) is 0 Å². The summed E-state index contributed by atoms with van der Waals surface area (Å²) in [6.07, 6.45) is -4.30. The van der Waals surface area contributed by atoms with Gasteiger partial charge in [-0.15, -0.1) is 0 Å². The van der Waals surface area contributed by atoms with Gasteiger partial charge < -0.3 is 15.2 Å². The number of piperidine rings is 1. The molecule has 8 nitrogen and oxygen atoms in total. The van der Waals surface area contributed by atoms with Gasteiger partial charge in [0.15, 0.2) is 0 Å². The number of alkyl halides is 6. The van der Waals surface area contributed by atoms with Crippen LogP contribution in [0.4, 0.5) is 30.7 Å². The van der Waals surface area contributed by atoms with Gasteiger partial charge in [-0.05, 0) is 72.5 Å². The number of hydrogen-bond donors (Lipinski definition) is 3. The molecule has 0 saturated carbocycles. The monoisotopic (exact) mass is 614 g/mol. The summed E-state index contributed by atoms with van der Waals surface area (Å²) in [5, 5.41) is 14.2. The molecular weight excluding hydrogens is 589 g/mol. The highest BCUT2D eigenvalue weighted by molar-refractivity contribution is 5.82. The second-order valence-electron chi connectivity index (χ2n) is 9.40. The van der Waals surface area contributed by atoms with E-state index in [0.717, 1.165) is 66.0 Å². The normalized spacial score (nSPS) is 15.6. The third-order valence-corrected chi connectivity index (χ3v) is 6.19. The molecule has 5 rings (SSSR count). The maximum absolute atomic E-state index is 13.5. The Labute approximate surface area is 239 Å².